The van der Waals surface area contributed by atoms with Crippen molar-refractivity contribution in [2.45, 2.75) is 32.9 Å². The summed E-state index contributed by atoms with van der Waals surface area (Å²) in [5.41, 5.74) is 0.337. The number of hydrogen-bond acceptors (Lipinski definition) is 4. The lowest BCUT2D eigenvalue weighted by molar-refractivity contribution is 0.0631. The minimum Gasteiger partial charge on any atom is -0.444 e. The van der Waals surface area contributed by atoms with Crippen LogP contribution in [-0.2, 0) is 11.3 Å². The number of amides is 3. The zero-order valence-corrected chi connectivity index (χ0v) is 18.9. The van der Waals surface area contributed by atoms with Gasteiger partial charge in [0, 0.05) is 14.5 Å². The summed E-state index contributed by atoms with van der Waals surface area (Å²) < 4.78 is 5.78. The molecule has 0 aromatic heterocycles. The van der Waals surface area contributed by atoms with E-state index < -0.39 is 23.5 Å². The average molecular weight is 500 g/mol. The van der Waals surface area contributed by atoms with Gasteiger partial charge in [-0.2, -0.15) is 0 Å². The Bertz CT molecular complexity index is 1030. The first-order valence-electron chi connectivity index (χ1n) is 8.60. The Morgan fingerprint density at radius 3 is 2.45 bits per heavy atom. The Morgan fingerprint density at radius 1 is 1.14 bits per heavy atom. The molecule has 0 atom stereocenters. The van der Waals surface area contributed by atoms with Gasteiger partial charge in [0.2, 0.25) is 0 Å². The Hall–Kier alpha value is -2.09. The van der Waals surface area contributed by atoms with Crippen molar-refractivity contribution in [1.29, 1.82) is 0 Å². The van der Waals surface area contributed by atoms with Gasteiger partial charge in [0.05, 0.1) is 23.4 Å². The van der Waals surface area contributed by atoms with Crippen LogP contribution in [0.25, 0.3) is 0 Å². The van der Waals surface area contributed by atoms with E-state index in [0.717, 1.165) is 4.90 Å². The maximum atomic E-state index is 13.0. The van der Waals surface area contributed by atoms with E-state index in [1.165, 1.54) is 0 Å². The fourth-order valence-corrected chi connectivity index (χ4v) is 3.78. The van der Waals surface area contributed by atoms with Gasteiger partial charge in [-0.25, -0.2) is 4.79 Å². The van der Waals surface area contributed by atoms with E-state index in [9.17, 15) is 14.4 Å². The minimum absolute atomic E-state index is 0.0220. The molecule has 3 amide bonds. The molecule has 0 radical (unpaired) electrons. The molecule has 2 aromatic rings. The lowest BCUT2D eigenvalue weighted by Gasteiger charge is -2.20. The first-order chi connectivity index (χ1) is 13.5. The van der Waals surface area contributed by atoms with Gasteiger partial charge in [-0.15, -0.1) is 0 Å². The van der Waals surface area contributed by atoms with Crippen LogP contribution >= 0.6 is 39.1 Å². The third-order valence-corrected chi connectivity index (χ3v) is 5.06. The van der Waals surface area contributed by atoms with Gasteiger partial charge in [-0.1, -0.05) is 45.2 Å². The number of carbonyl (C=O) groups is 3. The zero-order valence-electron chi connectivity index (χ0n) is 15.8. The Morgan fingerprint density at radius 2 is 1.83 bits per heavy atom. The van der Waals surface area contributed by atoms with Gasteiger partial charge in [0.25, 0.3) is 11.8 Å². The second kappa shape index (κ2) is 7.97. The predicted molar refractivity (Wildman–Crippen MR) is 115 cm³/mol. The van der Waals surface area contributed by atoms with E-state index in [4.69, 9.17) is 27.9 Å². The highest BCUT2D eigenvalue weighted by Crippen LogP contribution is 2.35. The van der Waals surface area contributed by atoms with Crippen LogP contribution in [0, 0.1) is 0 Å². The molecule has 0 aliphatic carbocycles. The van der Waals surface area contributed by atoms with Gasteiger partial charge in [0.1, 0.15) is 5.60 Å². The number of fused-ring (bicyclic) bond motifs is 1. The molecule has 1 aliphatic heterocycles. The largest absolute Gasteiger partial charge is 0.444 e. The van der Waals surface area contributed by atoms with Crippen molar-refractivity contribution in [3.05, 3.63) is 61.5 Å². The summed E-state index contributed by atoms with van der Waals surface area (Å²) in [5, 5.41) is 3.36. The number of hydrogen-bond donors (Lipinski definition) is 1. The Balaban J connectivity index is 1.93. The van der Waals surface area contributed by atoms with Crippen molar-refractivity contribution in [2.24, 2.45) is 0 Å². The normalized spacial score (nSPS) is 13.5. The van der Waals surface area contributed by atoms with Crippen molar-refractivity contribution >= 4 is 62.7 Å². The van der Waals surface area contributed by atoms with Crippen molar-refractivity contribution < 1.29 is 19.1 Å². The molecule has 6 nitrogen and oxygen atoms in total. The lowest BCUT2D eigenvalue weighted by atomic mass is 10.1. The standard InChI is InChI=1S/C20H17BrCl2N2O4/c1-20(2,3)29-19(28)24-15-7-11(21)6-13-16(15)18(27)25(17(13)26)9-10-4-5-12(22)8-14(10)23/h4-8H,9H2,1-3H3,(H,24,28). The maximum absolute atomic E-state index is 13.0. The molecule has 1 N–H and O–H groups in total. The summed E-state index contributed by atoms with van der Waals surface area (Å²) in [6, 6.07) is 7.92. The van der Waals surface area contributed by atoms with Crippen LogP contribution in [0.3, 0.4) is 0 Å². The van der Waals surface area contributed by atoms with Crippen LogP contribution in [-0.4, -0.2) is 28.4 Å². The van der Waals surface area contributed by atoms with Gasteiger partial charge >= 0.3 is 6.09 Å². The van der Waals surface area contributed by atoms with E-state index in [0.29, 0.717) is 20.1 Å². The lowest BCUT2D eigenvalue weighted by Crippen LogP contribution is -2.30. The van der Waals surface area contributed by atoms with Crippen molar-refractivity contribution in [3.8, 4) is 0 Å². The molecule has 3 rings (SSSR count). The monoisotopic (exact) mass is 498 g/mol. The SMILES string of the molecule is CC(C)(C)OC(=O)Nc1cc(Br)cc2c1C(=O)N(Cc1ccc(Cl)cc1Cl)C2=O. The number of benzene rings is 2. The third-order valence-electron chi connectivity index (χ3n) is 4.02. The first-order valence-corrected chi connectivity index (χ1v) is 10.1. The number of nitrogens with one attached hydrogen (secondary N) is 1. The highest BCUT2D eigenvalue weighted by molar-refractivity contribution is 9.10. The van der Waals surface area contributed by atoms with Crippen LogP contribution < -0.4 is 5.32 Å². The number of ether oxygens (including phenoxy) is 1. The number of imide groups is 1. The fourth-order valence-electron chi connectivity index (χ4n) is 2.85. The molecular formula is C20H17BrCl2N2O4. The minimum atomic E-state index is -0.725. The highest BCUT2D eigenvalue weighted by Gasteiger charge is 2.38. The fraction of sp³-hybridized carbons (Fsp3) is 0.250. The van der Waals surface area contributed by atoms with Crippen molar-refractivity contribution in [3.63, 3.8) is 0 Å². The number of nitrogens with zero attached hydrogens (tertiary/aromatic N) is 1. The van der Waals surface area contributed by atoms with Gasteiger partial charge in [-0.3, -0.25) is 19.8 Å². The molecule has 1 heterocycles. The van der Waals surface area contributed by atoms with Crippen LogP contribution in [0.4, 0.5) is 10.5 Å². The Kier molecular flexibility index (Phi) is 5.94. The average Bonchev–Trinajstić information content (AvgIpc) is 2.80. The van der Waals surface area contributed by atoms with Crippen LogP contribution in [0.15, 0.2) is 34.8 Å². The topological polar surface area (TPSA) is 75.7 Å². The van der Waals surface area contributed by atoms with Crippen LogP contribution in [0.1, 0.15) is 47.1 Å². The molecule has 29 heavy (non-hydrogen) atoms. The van der Waals surface area contributed by atoms with E-state index in [1.54, 1.807) is 51.1 Å². The molecule has 0 unspecified atom stereocenters. The van der Waals surface area contributed by atoms with Crippen molar-refractivity contribution in [2.75, 3.05) is 5.32 Å². The molecular weight excluding hydrogens is 483 g/mol. The number of carbonyl (C=O) groups excluding carboxylic acids is 3. The summed E-state index contributed by atoms with van der Waals surface area (Å²) in [4.78, 5) is 39.2. The van der Waals surface area contributed by atoms with Crippen molar-refractivity contribution in [1.82, 2.24) is 4.90 Å². The molecule has 0 bridgehead atoms. The number of rotatable bonds is 3. The van der Waals surface area contributed by atoms with Gasteiger partial charge in [-0.05, 0) is 50.6 Å². The molecule has 0 spiro atoms. The quantitative estimate of drug-likeness (QED) is 0.533. The predicted octanol–water partition coefficient (Wildman–Crippen LogP) is 5.90. The number of anilines is 1. The zero-order chi connectivity index (χ0) is 21.5. The van der Waals surface area contributed by atoms with Gasteiger partial charge < -0.3 is 4.74 Å². The van der Waals surface area contributed by atoms with Crippen LogP contribution in [0.5, 0.6) is 0 Å². The summed E-state index contributed by atoms with van der Waals surface area (Å²) in [7, 11) is 0. The molecule has 0 saturated heterocycles. The molecule has 2 aromatic carbocycles. The highest BCUT2D eigenvalue weighted by atomic mass is 79.9. The molecule has 9 heteroatoms. The van der Waals surface area contributed by atoms with E-state index >= 15 is 0 Å². The second-order valence-corrected chi connectivity index (χ2v) is 9.19. The summed E-state index contributed by atoms with van der Waals surface area (Å²) in [6.07, 6.45) is -0.725. The summed E-state index contributed by atoms with van der Waals surface area (Å²) in [5.74, 6) is -1.01. The molecule has 0 fully saturated rings. The first kappa shape index (κ1) is 21.6. The van der Waals surface area contributed by atoms with E-state index in [-0.39, 0.29) is 23.4 Å². The van der Waals surface area contributed by atoms with E-state index in [2.05, 4.69) is 21.2 Å². The van der Waals surface area contributed by atoms with Gasteiger partial charge in [0.15, 0.2) is 0 Å². The molecule has 0 saturated carbocycles. The van der Waals surface area contributed by atoms with Crippen LogP contribution in [0.2, 0.25) is 10.0 Å². The maximum Gasteiger partial charge on any atom is 0.412 e. The smallest absolute Gasteiger partial charge is 0.412 e. The Labute approximate surface area is 186 Å². The molecule has 1 aliphatic rings. The number of halogens is 3. The van der Waals surface area contributed by atoms with E-state index in [1.807, 2.05) is 0 Å². The third kappa shape index (κ3) is 4.74. The summed E-state index contributed by atoms with van der Waals surface area (Å²) in [6.45, 7) is 5.16. The second-order valence-electron chi connectivity index (χ2n) is 7.43. The molecule has 152 valence electrons. The summed E-state index contributed by atoms with van der Waals surface area (Å²) >= 11 is 15.4.